The fourth-order valence-corrected chi connectivity index (χ4v) is 2.13. The Labute approximate surface area is 115 Å². The summed E-state index contributed by atoms with van der Waals surface area (Å²) in [5.74, 6) is -1.13. The van der Waals surface area contributed by atoms with Gasteiger partial charge in [-0.1, -0.05) is 0 Å². The third kappa shape index (κ3) is 4.70. The number of rotatable bonds is 5. The molecule has 19 heavy (non-hydrogen) atoms. The molecule has 1 heterocycles. The lowest BCUT2D eigenvalue weighted by Gasteiger charge is -2.08. The summed E-state index contributed by atoms with van der Waals surface area (Å²) >= 11 is 1.02. The standard InChI is InChI=1S/C12H16N2O4S/c1-7(2)14-10(15)6-13-11(16)8-4-5-9(19-8)12(17)18-3/h4-5,7H,6H2,1-3H3,(H,13,16)(H,14,15). The van der Waals surface area contributed by atoms with Gasteiger partial charge in [0.25, 0.3) is 5.91 Å². The molecular formula is C12H16N2O4S. The van der Waals surface area contributed by atoms with Crippen molar-refractivity contribution >= 4 is 29.1 Å². The summed E-state index contributed by atoms with van der Waals surface area (Å²) in [6, 6.07) is 3.06. The molecule has 0 aromatic carbocycles. The number of hydrogen-bond donors (Lipinski definition) is 2. The topological polar surface area (TPSA) is 84.5 Å². The van der Waals surface area contributed by atoms with E-state index in [4.69, 9.17) is 0 Å². The van der Waals surface area contributed by atoms with Crippen LogP contribution < -0.4 is 10.6 Å². The van der Waals surface area contributed by atoms with Crippen LogP contribution in [0.2, 0.25) is 0 Å². The Hall–Kier alpha value is -1.89. The number of nitrogens with one attached hydrogen (secondary N) is 2. The van der Waals surface area contributed by atoms with Crippen LogP contribution in [0.15, 0.2) is 12.1 Å². The molecule has 0 aliphatic carbocycles. The van der Waals surface area contributed by atoms with Crippen molar-refractivity contribution in [2.45, 2.75) is 19.9 Å². The third-order valence-corrected chi connectivity index (χ3v) is 3.14. The highest BCUT2D eigenvalue weighted by Crippen LogP contribution is 2.16. The third-order valence-electron chi connectivity index (χ3n) is 2.08. The number of methoxy groups -OCH3 is 1. The maximum Gasteiger partial charge on any atom is 0.348 e. The average Bonchev–Trinajstić information content (AvgIpc) is 2.83. The summed E-state index contributed by atoms with van der Waals surface area (Å²) in [6.45, 7) is 3.58. The van der Waals surface area contributed by atoms with Crippen molar-refractivity contribution < 1.29 is 19.1 Å². The van der Waals surface area contributed by atoms with Crippen LogP contribution in [0.25, 0.3) is 0 Å². The van der Waals surface area contributed by atoms with Gasteiger partial charge in [0, 0.05) is 6.04 Å². The van der Waals surface area contributed by atoms with Gasteiger partial charge in [0.2, 0.25) is 5.91 Å². The molecule has 0 aliphatic rings. The van der Waals surface area contributed by atoms with E-state index in [1.807, 2.05) is 13.8 Å². The molecule has 0 saturated heterocycles. The minimum atomic E-state index is -0.485. The molecule has 1 rings (SSSR count). The van der Waals surface area contributed by atoms with Crippen LogP contribution in [0.1, 0.15) is 33.2 Å². The first-order valence-corrected chi connectivity index (χ1v) is 6.51. The van der Waals surface area contributed by atoms with Gasteiger partial charge in [0.15, 0.2) is 0 Å². The van der Waals surface area contributed by atoms with Gasteiger partial charge in [0.1, 0.15) is 4.88 Å². The van der Waals surface area contributed by atoms with Gasteiger partial charge < -0.3 is 15.4 Å². The van der Waals surface area contributed by atoms with Crippen LogP contribution in [0.5, 0.6) is 0 Å². The molecule has 104 valence electrons. The summed E-state index contributed by atoms with van der Waals surface area (Å²) in [6.07, 6.45) is 0. The molecule has 2 amide bonds. The SMILES string of the molecule is COC(=O)c1ccc(C(=O)NCC(=O)NC(C)C)s1. The second-order valence-electron chi connectivity index (χ2n) is 4.06. The van der Waals surface area contributed by atoms with Crippen LogP contribution in [0.4, 0.5) is 0 Å². The van der Waals surface area contributed by atoms with E-state index in [1.54, 1.807) is 0 Å². The second kappa shape index (κ2) is 6.89. The molecule has 0 fully saturated rings. The van der Waals surface area contributed by atoms with E-state index in [-0.39, 0.29) is 24.4 Å². The van der Waals surface area contributed by atoms with E-state index in [0.717, 1.165) is 11.3 Å². The quantitative estimate of drug-likeness (QED) is 0.783. The molecule has 0 bridgehead atoms. The van der Waals surface area contributed by atoms with E-state index in [2.05, 4.69) is 15.4 Å². The van der Waals surface area contributed by atoms with Crippen molar-refractivity contribution in [3.05, 3.63) is 21.9 Å². The fraction of sp³-hybridized carbons (Fsp3) is 0.417. The van der Waals surface area contributed by atoms with Crippen LogP contribution in [-0.2, 0) is 9.53 Å². The maximum absolute atomic E-state index is 11.7. The second-order valence-corrected chi connectivity index (χ2v) is 5.14. The molecule has 0 spiro atoms. The Morgan fingerprint density at radius 2 is 1.89 bits per heavy atom. The predicted octanol–water partition coefficient (Wildman–Crippen LogP) is 0.789. The Morgan fingerprint density at radius 3 is 2.47 bits per heavy atom. The molecule has 0 atom stereocenters. The van der Waals surface area contributed by atoms with Gasteiger partial charge in [-0.25, -0.2) is 4.79 Å². The largest absolute Gasteiger partial charge is 0.465 e. The van der Waals surface area contributed by atoms with Crippen molar-refractivity contribution in [2.75, 3.05) is 13.7 Å². The normalized spacial score (nSPS) is 10.1. The average molecular weight is 284 g/mol. The molecule has 0 radical (unpaired) electrons. The van der Waals surface area contributed by atoms with Crippen molar-refractivity contribution in [2.24, 2.45) is 0 Å². The van der Waals surface area contributed by atoms with Gasteiger partial charge >= 0.3 is 5.97 Å². The summed E-state index contributed by atoms with van der Waals surface area (Å²) in [7, 11) is 1.28. The lowest BCUT2D eigenvalue weighted by atomic mass is 10.3. The highest BCUT2D eigenvalue weighted by Gasteiger charge is 2.14. The molecule has 2 N–H and O–H groups in total. The first kappa shape index (κ1) is 15.2. The van der Waals surface area contributed by atoms with Crippen molar-refractivity contribution in [3.63, 3.8) is 0 Å². The summed E-state index contributed by atoms with van der Waals surface area (Å²) < 4.78 is 4.55. The van der Waals surface area contributed by atoms with Gasteiger partial charge in [0.05, 0.1) is 18.5 Å². The maximum atomic E-state index is 11.7. The zero-order valence-corrected chi connectivity index (χ0v) is 11.8. The monoisotopic (exact) mass is 284 g/mol. The minimum absolute atomic E-state index is 0.0251. The molecule has 0 saturated carbocycles. The van der Waals surface area contributed by atoms with E-state index in [0.29, 0.717) is 9.75 Å². The number of esters is 1. The minimum Gasteiger partial charge on any atom is -0.465 e. The van der Waals surface area contributed by atoms with E-state index in [1.165, 1.54) is 19.2 Å². The smallest absolute Gasteiger partial charge is 0.348 e. The lowest BCUT2D eigenvalue weighted by molar-refractivity contribution is -0.120. The summed E-state index contributed by atoms with van der Waals surface area (Å²) in [5.41, 5.74) is 0. The number of carbonyl (C=O) groups is 3. The Balaban J connectivity index is 2.52. The molecule has 1 aromatic heterocycles. The number of hydrogen-bond acceptors (Lipinski definition) is 5. The zero-order valence-electron chi connectivity index (χ0n) is 11.0. The van der Waals surface area contributed by atoms with Gasteiger partial charge in [-0.3, -0.25) is 9.59 Å². The van der Waals surface area contributed by atoms with Crippen molar-refractivity contribution in [1.29, 1.82) is 0 Å². The summed E-state index contributed by atoms with van der Waals surface area (Å²) in [4.78, 5) is 35.0. The predicted molar refractivity (Wildman–Crippen MR) is 71.3 cm³/mol. The Kier molecular flexibility index (Phi) is 5.50. The molecule has 1 aromatic rings. The van der Waals surface area contributed by atoms with Gasteiger partial charge in [-0.2, -0.15) is 0 Å². The number of carbonyl (C=O) groups excluding carboxylic acids is 3. The van der Waals surface area contributed by atoms with E-state index < -0.39 is 5.97 Å². The molecular weight excluding hydrogens is 268 g/mol. The molecule has 0 unspecified atom stereocenters. The van der Waals surface area contributed by atoms with Crippen LogP contribution in [0, 0.1) is 0 Å². The first-order chi connectivity index (χ1) is 8.93. The zero-order chi connectivity index (χ0) is 14.4. The fourth-order valence-electron chi connectivity index (χ4n) is 1.29. The van der Waals surface area contributed by atoms with E-state index >= 15 is 0 Å². The van der Waals surface area contributed by atoms with Crippen LogP contribution in [0.3, 0.4) is 0 Å². The number of amides is 2. The number of ether oxygens (including phenoxy) is 1. The molecule has 0 aliphatic heterocycles. The highest BCUT2D eigenvalue weighted by molar-refractivity contribution is 7.15. The number of thiophene rings is 1. The van der Waals surface area contributed by atoms with Crippen LogP contribution in [-0.4, -0.2) is 37.5 Å². The van der Waals surface area contributed by atoms with Gasteiger partial charge in [-0.05, 0) is 26.0 Å². The first-order valence-electron chi connectivity index (χ1n) is 5.69. The molecule has 6 nitrogen and oxygen atoms in total. The van der Waals surface area contributed by atoms with Crippen LogP contribution >= 0.6 is 11.3 Å². The Morgan fingerprint density at radius 1 is 1.26 bits per heavy atom. The highest BCUT2D eigenvalue weighted by atomic mass is 32.1. The van der Waals surface area contributed by atoms with Gasteiger partial charge in [-0.15, -0.1) is 11.3 Å². The van der Waals surface area contributed by atoms with E-state index in [9.17, 15) is 14.4 Å². The van der Waals surface area contributed by atoms with Crippen molar-refractivity contribution in [1.82, 2.24) is 10.6 Å². The molecule has 7 heteroatoms. The van der Waals surface area contributed by atoms with Crippen molar-refractivity contribution in [3.8, 4) is 0 Å². The Bertz CT molecular complexity index is 482. The summed E-state index contributed by atoms with van der Waals surface area (Å²) in [5, 5.41) is 5.14. The lowest BCUT2D eigenvalue weighted by Crippen LogP contribution is -2.39.